The zero-order valence-electron chi connectivity index (χ0n) is 33.4. The highest BCUT2D eigenvalue weighted by molar-refractivity contribution is 8.34. The summed E-state index contributed by atoms with van der Waals surface area (Å²) in [6, 6.07) is 91.5. The van der Waals surface area contributed by atoms with Gasteiger partial charge in [-0.15, -0.1) is 21.4 Å². The Kier molecular flexibility index (Phi) is 9.54. The van der Waals surface area contributed by atoms with Gasteiger partial charge in [0, 0.05) is 46.4 Å². The van der Waals surface area contributed by atoms with Gasteiger partial charge in [0.25, 0.3) is 0 Å². The molecule has 0 atom stereocenters. The highest BCUT2D eigenvalue weighted by Crippen LogP contribution is 2.73. The van der Waals surface area contributed by atoms with Crippen LogP contribution >= 0.6 is 21.4 Å². The number of anilines is 3. The van der Waals surface area contributed by atoms with Gasteiger partial charge in [-0.3, -0.25) is 0 Å². The van der Waals surface area contributed by atoms with E-state index in [4.69, 9.17) is 0 Å². The van der Waals surface area contributed by atoms with E-state index in [0.29, 0.717) is 0 Å². The van der Waals surface area contributed by atoms with E-state index in [1.54, 1.807) is 0 Å². The Morgan fingerprint density at radius 3 is 1.46 bits per heavy atom. The molecule has 61 heavy (non-hydrogen) atoms. The fourth-order valence-electron chi connectivity index (χ4n) is 9.02. The summed E-state index contributed by atoms with van der Waals surface area (Å²) in [5, 5.41) is 5.05. The Bertz CT molecular complexity index is 3180. The van der Waals surface area contributed by atoms with Crippen LogP contribution < -0.4 is 4.90 Å². The van der Waals surface area contributed by atoms with E-state index in [-0.39, 0.29) is 0 Å². The first-order valence-corrected chi connectivity index (χ1v) is 23.2. The average molecular weight is 816 g/mol. The number of rotatable bonds is 9. The van der Waals surface area contributed by atoms with Crippen LogP contribution in [0.5, 0.6) is 0 Å². The Morgan fingerprint density at radius 1 is 0.311 bits per heavy atom. The number of thiophene rings is 1. The largest absolute Gasteiger partial charge is 0.309 e. The molecule has 11 rings (SSSR count). The van der Waals surface area contributed by atoms with Gasteiger partial charge in [-0.1, -0.05) is 176 Å². The molecule has 1 heterocycles. The predicted molar refractivity (Wildman–Crippen MR) is 262 cm³/mol. The lowest BCUT2D eigenvalue weighted by Crippen LogP contribution is -2.11. The summed E-state index contributed by atoms with van der Waals surface area (Å²) >= 11 is 1.89. The second kappa shape index (κ2) is 15.8. The highest BCUT2D eigenvalue weighted by atomic mass is 32.3. The second-order valence-electron chi connectivity index (χ2n) is 15.3. The third-order valence-corrected chi connectivity index (χ3v) is 17.0. The molecular formula is C58H41NS2. The Morgan fingerprint density at radius 2 is 0.787 bits per heavy atom. The molecule has 0 saturated heterocycles. The zero-order valence-corrected chi connectivity index (χ0v) is 35.1. The Hall–Kier alpha value is -7.17. The van der Waals surface area contributed by atoms with Gasteiger partial charge in [0.2, 0.25) is 0 Å². The molecule has 0 spiro atoms. The van der Waals surface area contributed by atoms with Crippen molar-refractivity contribution in [2.75, 3.05) is 4.90 Å². The van der Waals surface area contributed by atoms with E-state index in [2.05, 4.69) is 254 Å². The molecule has 0 fully saturated rings. The normalized spacial score (nSPS) is 11.9. The molecule has 0 aliphatic carbocycles. The summed E-state index contributed by atoms with van der Waals surface area (Å²) in [7, 11) is -1.92. The van der Waals surface area contributed by atoms with Crippen LogP contribution in [0.3, 0.4) is 0 Å². The van der Waals surface area contributed by atoms with E-state index < -0.39 is 10.0 Å². The minimum Gasteiger partial charge on any atom is -0.309 e. The molecule has 290 valence electrons. The maximum absolute atomic E-state index is 2.49. The van der Waals surface area contributed by atoms with Crippen molar-refractivity contribution in [2.45, 2.75) is 19.6 Å². The summed E-state index contributed by atoms with van der Waals surface area (Å²) in [5.41, 5.74) is 8.31. The first-order chi connectivity index (χ1) is 30.3. The highest BCUT2D eigenvalue weighted by Gasteiger charge is 2.34. The van der Waals surface area contributed by atoms with Crippen molar-refractivity contribution >= 4 is 69.4 Å². The minimum atomic E-state index is -1.92. The molecule has 0 radical (unpaired) electrons. The lowest BCUT2D eigenvalue weighted by Gasteiger charge is -2.42. The van der Waals surface area contributed by atoms with E-state index in [1.165, 1.54) is 72.8 Å². The second-order valence-corrected chi connectivity index (χ2v) is 19.4. The predicted octanol–water partition coefficient (Wildman–Crippen LogP) is 17.4. The van der Waals surface area contributed by atoms with Gasteiger partial charge in [-0.2, -0.15) is 0 Å². The van der Waals surface area contributed by atoms with E-state index >= 15 is 0 Å². The first kappa shape index (κ1) is 36.9. The Labute approximate surface area is 362 Å². The molecule has 0 aliphatic rings. The van der Waals surface area contributed by atoms with Crippen molar-refractivity contribution < 1.29 is 0 Å². The average Bonchev–Trinajstić information content (AvgIpc) is 3.73. The van der Waals surface area contributed by atoms with Crippen LogP contribution in [0.25, 0.3) is 53.2 Å². The molecule has 10 aromatic carbocycles. The van der Waals surface area contributed by atoms with Crippen LogP contribution in [-0.2, 0) is 0 Å². The van der Waals surface area contributed by atoms with Gasteiger partial charge >= 0.3 is 0 Å². The summed E-state index contributed by atoms with van der Waals surface area (Å²) in [6.45, 7) is 0. The fraction of sp³-hybridized carbons (Fsp3) is 0. The molecular weight excluding hydrogens is 775 g/mol. The molecule has 0 N–H and O–H groups in total. The zero-order chi connectivity index (χ0) is 40.6. The van der Waals surface area contributed by atoms with Gasteiger partial charge in [-0.25, -0.2) is 0 Å². The standard InChI is InChI=1S/C58H41NS2/c1-5-19-43(20-6-1)53-33-17-34-54-55-35-18-36-56(58(55)60-57(53)54)59(45-39-37-44(38-40-45)52-32-15-22-42-21-13-14-31-51(42)52)46-23-16-30-50(41-46)61(47-24-7-2-8-25-47,48-26-9-3-10-27-48)49-28-11-4-12-29-49/h1-41H. The number of hydrogen-bond acceptors (Lipinski definition) is 2. The van der Waals surface area contributed by atoms with Crippen LogP contribution in [0.4, 0.5) is 17.1 Å². The number of nitrogens with zero attached hydrogens (tertiary/aromatic N) is 1. The lowest BCUT2D eigenvalue weighted by molar-refractivity contribution is 1.22. The molecule has 0 saturated carbocycles. The summed E-state index contributed by atoms with van der Waals surface area (Å²) < 4.78 is 2.56. The SMILES string of the molecule is c1ccc(-c2cccc3c2sc2c(N(c4ccc(-c5cccc6ccccc56)cc4)c4cccc(S(c5ccccc5)(c5ccccc5)c5ccccc5)c4)cccc23)cc1. The smallest absolute Gasteiger partial charge is 0.0640 e. The van der Waals surface area contributed by atoms with Gasteiger partial charge in [0.05, 0.1) is 10.4 Å². The summed E-state index contributed by atoms with van der Waals surface area (Å²) in [6.07, 6.45) is 0. The molecule has 1 nitrogen and oxygen atoms in total. The molecule has 0 bridgehead atoms. The third kappa shape index (κ3) is 6.42. The van der Waals surface area contributed by atoms with Crippen LogP contribution in [-0.4, -0.2) is 0 Å². The lowest BCUT2D eigenvalue weighted by atomic mass is 9.98. The van der Waals surface area contributed by atoms with Crippen LogP contribution in [0.15, 0.2) is 268 Å². The van der Waals surface area contributed by atoms with E-state index in [0.717, 1.165) is 17.1 Å². The molecule has 11 aromatic rings. The molecule has 0 amide bonds. The van der Waals surface area contributed by atoms with Crippen LogP contribution in [0.1, 0.15) is 0 Å². The summed E-state index contributed by atoms with van der Waals surface area (Å²) in [5.74, 6) is 0. The van der Waals surface area contributed by atoms with Gasteiger partial charge < -0.3 is 4.90 Å². The number of fused-ring (bicyclic) bond motifs is 4. The number of benzene rings is 10. The van der Waals surface area contributed by atoms with E-state index in [1.807, 2.05) is 11.3 Å². The molecule has 0 aliphatic heterocycles. The van der Waals surface area contributed by atoms with E-state index in [9.17, 15) is 0 Å². The topological polar surface area (TPSA) is 3.24 Å². The van der Waals surface area contributed by atoms with Gasteiger partial charge in [0.1, 0.15) is 0 Å². The fourth-order valence-corrected chi connectivity index (χ4v) is 14.3. The monoisotopic (exact) mass is 815 g/mol. The van der Waals surface area contributed by atoms with Crippen molar-refractivity contribution in [1.29, 1.82) is 0 Å². The van der Waals surface area contributed by atoms with Crippen molar-refractivity contribution in [2.24, 2.45) is 0 Å². The maximum Gasteiger partial charge on any atom is 0.0640 e. The van der Waals surface area contributed by atoms with Crippen molar-refractivity contribution in [3.8, 4) is 22.3 Å². The first-order valence-electron chi connectivity index (χ1n) is 20.7. The quantitative estimate of drug-likeness (QED) is 0.140. The summed E-state index contributed by atoms with van der Waals surface area (Å²) in [4.78, 5) is 7.67. The van der Waals surface area contributed by atoms with Gasteiger partial charge in [-0.05, 0) is 106 Å². The minimum absolute atomic E-state index is 1.11. The van der Waals surface area contributed by atoms with Crippen molar-refractivity contribution in [1.82, 2.24) is 0 Å². The maximum atomic E-state index is 2.49. The van der Waals surface area contributed by atoms with Crippen LogP contribution in [0.2, 0.25) is 0 Å². The van der Waals surface area contributed by atoms with Crippen molar-refractivity contribution in [3.05, 3.63) is 249 Å². The molecule has 3 heteroatoms. The number of hydrogen-bond donors (Lipinski definition) is 0. The van der Waals surface area contributed by atoms with Crippen LogP contribution in [0, 0.1) is 0 Å². The van der Waals surface area contributed by atoms with Gasteiger partial charge in [0.15, 0.2) is 0 Å². The van der Waals surface area contributed by atoms with Crippen molar-refractivity contribution in [3.63, 3.8) is 0 Å². The Balaban J connectivity index is 1.16. The molecule has 0 unspecified atom stereocenters. The molecule has 1 aromatic heterocycles. The third-order valence-electron chi connectivity index (χ3n) is 11.8.